The zero-order chi connectivity index (χ0) is 28.8. The van der Waals surface area contributed by atoms with Gasteiger partial charge in [-0.1, -0.05) is 12.1 Å². The first-order valence-electron chi connectivity index (χ1n) is 15.3. The van der Waals surface area contributed by atoms with E-state index in [1.165, 1.54) is 5.69 Å². The number of fused-ring (bicyclic) bond motifs is 2. The SMILES string of the molecule is Cc1cnc2[nH]c(C3CCCN(C(=O)CCc4ccc5c(c4)CN(C(C)C)CC(=O)NCCCCCO5)C3)cc2c1. The van der Waals surface area contributed by atoms with Gasteiger partial charge in [0.05, 0.1) is 13.2 Å². The Morgan fingerprint density at radius 1 is 1.12 bits per heavy atom. The first kappa shape index (κ1) is 29.1. The van der Waals surface area contributed by atoms with Crippen molar-refractivity contribution in [2.24, 2.45) is 0 Å². The van der Waals surface area contributed by atoms with Gasteiger partial charge >= 0.3 is 0 Å². The molecule has 0 bridgehead atoms. The topological polar surface area (TPSA) is 90.6 Å². The number of H-pyrrole nitrogens is 1. The molecule has 3 aromatic rings. The maximum absolute atomic E-state index is 13.3. The molecule has 2 aliphatic rings. The van der Waals surface area contributed by atoms with Crippen molar-refractivity contribution in [3.63, 3.8) is 0 Å². The van der Waals surface area contributed by atoms with Crippen LogP contribution in [-0.4, -0.2) is 70.4 Å². The van der Waals surface area contributed by atoms with Crippen LogP contribution in [0.2, 0.25) is 0 Å². The summed E-state index contributed by atoms with van der Waals surface area (Å²) < 4.78 is 6.20. The summed E-state index contributed by atoms with van der Waals surface area (Å²) >= 11 is 0. The summed E-state index contributed by atoms with van der Waals surface area (Å²) in [5, 5.41) is 4.19. The Hall–Kier alpha value is -3.39. The Morgan fingerprint density at radius 3 is 2.85 bits per heavy atom. The normalized spacial score (nSPS) is 19.6. The lowest BCUT2D eigenvalue weighted by atomic mass is 9.94. The Morgan fingerprint density at radius 2 is 2.00 bits per heavy atom. The molecular weight excluding hydrogens is 514 g/mol. The van der Waals surface area contributed by atoms with Gasteiger partial charge in [0.25, 0.3) is 0 Å². The van der Waals surface area contributed by atoms with E-state index >= 15 is 0 Å². The number of ether oxygens (including phenoxy) is 1. The Balaban J connectivity index is 1.24. The molecule has 2 amide bonds. The average Bonchev–Trinajstić information content (AvgIpc) is 3.39. The number of benzene rings is 1. The number of pyridine rings is 1. The molecule has 4 heterocycles. The number of hydrogen-bond acceptors (Lipinski definition) is 5. The van der Waals surface area contributed by atoms with Crippen molar-refractivity contribution in [1.82, 2.24) is 25.1 Å². The van der Waals surface area contributed by atoms with Crippen LogP contribution in [0.25, 0.3) is 11.0 Å². The molecule has 8 nitrogen and oxygen atoms in total. The summed E-state index contributed by atoms with van der Waals surface area (Å²) in [5.74, 6) is 1.47. The third kappa shape index (κ3) is 7.67. The number of aromatic nitrogens is 2. The van der Waals surface area contributed by atoms with Gasteiger partial charge in [0, 0.05) is 67.4 Å². The van der Waals surface area contributed by atoms with E-state index < -0.39 is 0 Å². The highest BCUT2D eigenvalue weighted by atomic mass is 16.5. The van der Waals surface area contributed by atoms with E-state index in [0.717, 1.165) is 78.7 Å². The molecule has 0 aliphatic carbocycles. The molecule has 1 unspecified atom stereocenters. The van der Waals surface area contributed by atoms with Gasteiger partial charge in [-0.05, 0) is 88.6 Å². The van der Waals surface area contributed by atoms with E-state index in [1.807, 2.05) is 11.1 Å². The van der Waals surface area contributed by atoms with Crippen LogP contribution in [0.5, 0.6) is 5.75 Å². The third-order valence-electron chi connectivity index (χ3n) is 8.45. The number of aryl methyl sites for hydroxylation is 2. The van der Waals surface area contributed by atoms with Crippen molar-refractivity contribution in [2.45, 2.75) is 84.2 Å². The Labute approximate surface area is 243 Å². The lowest BCUT2D eigenvalue weighted by Crippen LogP contribution is -2.40. The van der Waals surface area contributed by atoms with E-state index in [0.29, 0.717) is 45.0 Å². The van der Waals surface area contributed by atoms with Crippen molar-refractivity contribution < 1.29 is 14.3 Å². The second-order valence-corrected chi connectivity index (χ2v) is 12.1. The van der Waals surface area contributed by atoms with Gasteiger partial charge in [-0.2, -0.15) is 0 Å². The minimum atomic E-state index is 0.0702. The quantitative estimate of drug-likeness (QED) is 0.454. The number of carbonyl (C=O) groups is 2. The number of nitrogens with one attached hydrogen (secondary N) is 2. The second-order valence-electron chi connectivity index (χ2n) is 12.1. The Kier molecular flexibility index (Phi) is 9.60. The van der Waals surface area contributed by atoms with Crippen molar-refractivity contribution in [2.75, 3.05) is 32.8 Å². The molecule has 1 saturated heterocycles. The maximum atomic E-state index is 13.3. The fourth-order valence-electron chi connectivity index (χ4n) is 5.98. The zero-order valence-electron chi connectivity index (χ0n) is 24.9. The standard InChI is InChI=1S/C33H45N5O3/c1-23(2)38-21-28-17-25(9-11-30(28)41-15-6-4-5-13-34-31(39)22-38)10-12-32(40)37-14-7-8-26(20-37)29-18-27-16-24(3)19-35-33(27)36-29/h9,11,16-19,23,26H,4-8,10,12-15,20-22H2,1-3H3,(H,34,39)(H,35,36). The number of piperidine rings is 1. The zero-order valence-corrected chi connectivity index (χ0v) is 24.9. The van der Waals surface area contributed by atoms with Crippen LogP contribution in [0.4, 0.5) is 0 Å². The Bertz CT molecular complexity index is 1350. The van der Waals surface area contributed by atoms with E-state index in [9.17, 15) is 9.59 Å². The van der Waals surface area contributed by atoms with Gasteiger partial charge in [0.1, 0.15) is 11.4 Å². The molecule has 8 heteroatoms. The first-order valence-corrected chi connectivity index (χ1v) is 15.3. The van der Waals surface area contributed by atoms with Gasteiger partial charge in [-0.25, -0.2) is 4.98 Å². The van der Waals surface area contributed by atoms with E-state index in [4.69, 9.17) is 4.74 Å². The highest BCUT2D eigenvalue weighted by Gasteiger charge is 2.26. The van der Waals surface area contributed by atoms with Crippen LogP contribution in [0.15, 0.2) is 36.5 Å². The molecule has 41 heavy (non-hydrogen) atoms. The number of hydrogen-bond donors (Lipinski definition) is 2. The highest BCUT2D eigenvalue weighted by molar-refractivity contribution is 5.79. The fourth-order valence-corrected chi connectivity index (χ4v) is 5.98. The van der Waals surface area contributed by atoms with Gasteiger partial charge in [0.15, 0.2) is 0 Å². The van der Waals surface area contributed by atoms with Crippen molar-refractivity contribution >= 4 is 22.8 Å². The largest absolute Gasteiger partial charge is 0.493 e. The summed E-state index contributed by atoms with van der Waals surface area (Å²) in [6.07, 6.45) is 8.09. The number of aromatic amines is 1. The second kappa shape index (κ2) is 13.5. The summed E-state index contributed by atoms with van der Waals surface area (Å²) in [6.45, 7) is 10.2. The summed E-state index contributed by atoms with van der Waals surface area (Å²) in [6, 6.07) is 10.9. The molecule has 1 fully saturated rings. The molecule has 2 N–H and O–H groups in total. The van der Waals surface area contributed by atoms with E-state index in [1.54, 1.807) is 0 Å². The van der Waals surface area contributed by atoms with E-state index in [-0.39, 0.29) is 17.9 Å². The molecule has 1 aromatic carbocycles. The molecule has 0 spiro atoms. The van der Waals surface area contributed by atoms with Crippen molar-refractivity contribution in [1.29, 1.82) is 0 Å². The third-order valence-corrected chi connectivity index (χ3v) is 8.45. The number of amides is 2. The molecule has 1 atom stereocenters. The van der Waals surface area contributed by atoms with Gasteiger partial charge in [-0.15, -0.1) is 0 Å². The smallest absolute Gasteiger partial charge is 0.234 e. The van der Waals surface area contributed by atoms with Crippen LogP contribution in [-0.2, 0) is 22.6 Å². The summed E-state index contributed by atoms with van der Waals surface area (Å²) in [4.78, 5) is 38.1. The van der Waals surface area contributed by atoms with E-state index in [2.05, 4.69) is 71.3 Å². The number of carbonyl (C=O) groups excluding carboxylic acids is 2. The van der Waals surface area contributed by atoms with Gasteiger partial charge < -0.3 is 19.9 Å². The first-order chi connectivity index (χ1) is 19.9. The van der Waals surface area contributed by atoms with Crippen LogP contribution >= 0.6 is 0 Å². The van der Waals surface area contributed by atoms with Crippen molar-refractivity contribution in [3.05, 3.63) is 58.9 Å². The fraction of sp³-hybridized carbons (Fsp3) is 0.545. The summed E-state index contributed by atoms with van der Waals surface area (Å²) in [5.41, 5.74) is 5.45. The lowest BCUT2D eigenvalue weighted by Gasteiger charge is -2.32. The minimum absolute atomic E-state index is 0.0702. The average molecular weight is 560 g/mol. The van der Waals surface area contributed by atoms with Crippen LogP contribution in [0.1, 0.15) is 80.7 Å². The van der Waals surface area contributed by atoms with Crippen LogP contribution in [0.3, 0.4) is 0 Å². The molecule has 220 valence electrons. The van der Waals surface area contributed by atoms with Gasteiger partial charge in [0.2, 0.25) is 11.8 Å². The van der Waals surface area contributed by atoms with Gasteiger partial charge in [-0.3, -0.25) is 14.5 Å². The number of nitrogens with zero attached hydrogens (tertiary/aromatic N) is 3. The molecule has 5 rings (SSSR count). The summed E-state index contributed by atoms with van der Waals surface area (Å²) in [7, 11) is 0. The number of rotatable bonds is 5. The highest BCUT2D eigenvalue weighted by Crippen LogP contribution is 2.30. The van der Waals surface area contributed by atoms with Crippen LogP contribution < -0.4 is 10.1 Å². The number of likely N-dealkylation sites (tertiary alicyclic amines) is 1. The molecular formula is C33H45N5O3. The lowest BCUT2D eigenvalue weighted by molar-refractivity contribution is -0.132. The minimum Gasteiger partial charge on any atom is -0.493 e. The predicted molar refractivity (Wildman–Crippen MR) is 162 cm³/mol. The monoisotopic (exact) mass is 559 g/mol. The molecule has 2 aromatic heterocycles. The predicted octanol–water partition coefficient (Wildman–Crippen LogP) is 5.10. The molecule has 0 saturated carbocycles. The molecule has 2 aliphatic heterocycles. The van der Waals surface area contributed by atoms with Crippen LogP contribution in [0, 0.1) is 6.92 Å². The van der Waals surface area contributed by atoms with Crippen molar-refractivity contribution in [3.8, 4) is 5.75 Å². The maximum Gasteiger partial charge on any atom is 0.234 e. The molecule has 0 radical (unpaired) electrons.